The number of anilines is 1. The molecule has 2 aromatic rings. The first-order valence-corrected chi connectivity index (χ1v) is 7.42. The molecule has 0 saturated heterocycles. The van der Waals surface area contributed by atoms with Crippen LogP contribution in [0.4, 0.5) is 5.69 Å². The molecule has 1 N–H and O–H groups in total. The van der Waals surface area contributed by atoms with Gasteiger partial charge in [-0.25, -0.2) is 0 Å². The van der Waals surface area contributed by atoms with Crippen molar-refractivity contribution in [3.8, 4) is 0 Å². The standard InChI is InChI=1S/C16H17BrClN/c1-10-6-11(2)8-13(7-10)12(3)19-14-4-5-15(17)16(18)9-14/h4-9,12,19H,1-3H3. The van der Waals surface area contributed by atoms with Crippen LogP contribution in [0, 0.1) is 13.8 Å². The van der Waals surface area contributed by atoms with Crippen molar-refractivity contribution in [3.63, 3.8) is 0 Å². The molecule has 0 bridgehead atoms. The average molecular weight is 339 g/mol. The Morgan fingerprint density at radius 1 is 1.05 bits per heavy atom. The van der Waals surface area contributed by atoms with E-state index in [0.717, 1.165) is 15.2 Å². The maximum atomic E-state index is 6.11. The fourth-order valence-electron chi connectivity index (χ4n) is 2.18. The summed E-state index contributed by atoms with van der Waals surface area (Å²) in [6, 6.07) is 12.8. The summed E-state index contributed by atoms with van der Waals surface area (Å²) in [4.78, 5) is 0. The van der Waals surface area contributed by atoms with Crippen molar-refractivity contribution in [1.29, 1.82) is 0 Å². The van der Waals surface area contributed by atoms with Crippen molar-refractivity contribution in [2.45, 2.75) is 26.8 Å². The van der Waals surface area contributed by atoms with Gasteiger partial charge in [0.05, 0.1) is 5.02 Å². The zero-order valence-corrected chi connectivity index (χ0v) is 13.6. The Balaban J connectivity index is 2.20. The SMILES string of the molecule is Cc1cc(C)cc(C(C)Nc2ccc(Br)c(Cl)c2)c1. The maximum absolute atomic E-state index is 6.11. The first-order valence-electron chi connectivity index (χ1n) is 6.25. The molecule has 1 unspecified atom stereocenters. The molecule has 0 heterocycles. The lowest BCUT2D eigenvalue weighted by Crippen LogP contribution is -2.07. The molecule has 0 amide bonds. The van der Waals surface area contributed by atoms with Crippen molar-refractivity contribution < 1.29 is 0 Å². The van der Waals surface area contributed by atoms with Crippen molar-refractivity contribution in [1.82, 2.24) is 0 Å². The van der Waals surface area contributed by atoms with E-state index in [1.807, 2.05) is 18.2 Å². The van der Waals surface area contributed by atoms with Crippen LogP contribution >= 0.6 is 27.5 Å². The van der Waals surface area contributed by atoms with E-state index in [2.05, 4.69) is 60.2 Å². The van der Waals surface area contributed by atoms with E-state index in [1.54, 1.807) is 0 Å². The molecule has 1 atom stereocenters. The molecule has 19 heavy (non-hydrogen) atoms. The van der Waals surface area contributed by atoms with Gasteiger partial charge in [-0.3, -0.25) is 0 Å². The Morgan fingerprint density at radius 3 is 2.26 bits per heavy atom. The van der Waals surface area contributed by atoms with E-state index >= 15 is 0 Å². The van der Waals surface area contributed by atoms with Crippen molar-refractivity contribution >= 4 is 33.2 Å². The molecule has 0 aliphatic carbocycles. The second kappa shape index (κ2) is 5.98. The van der Waals surface area contributed by atoms with E-state index in [1.165, 1.54) is 16.7 Å². The molecule has 0 fully saturated rings. The average Bonchev–Trinajstić information content (AvgIpc) is 2.32. The predicted molar refractivity (Wildman–Crippen MR) is 87.1 cm³/mol. The lowest BCUT2D eigenvalue weighted by atomic mass is 10.0. The van der Waals surface area contributed by atoms with Crippen LogP contribution in [0.25, 0.3) is 0 Å². The van der Waals surface area contributed by atoms with Crippen molar-refractivity contribution in [2.24, 2.45) is 0 Å². The second-order valence-corrected chi connectivity index (χ2v) is 6.18. The van der Waals surface area contributed by atoms with E-state index in [-0.39, 0.29) is 6.04 Å². The summed E-state index contributed by atoms with van der Waals surface area (Å²) in [6.45, 7) is 6.41. The molecule has 0 radical (unpaired) electrons. The van der Waals surface area contributed by atoms with Gasteiger partial charge < -0.3 is 5.32 Å². The van der Waals surface area contributed by atoms with Crippen molar-refractivity contribution in [3.05, 3.63) is 62.6 Å². The van der Waals surface area contributed by atoms with Gasteiger partial charge in [0.25, 0.3) is 0 Å². The van der Waals surface area contributed by atoms with E-state index in [0.29, 0.717) is 0 Å². The predicted octanol–water partition coefficient (Wildman–Crippen LogP) is 5.89. The second-order valence-electron chi connectivity index (χ2n) is 4.92. The molecule has 0 aromatic heterocycles. The van der Waals surface area contributed by atoms with Gasteiger partial charge in [-0.05, 0) is 60.5 Å². The molecule has 2 rings (SSSR count). The van der Waals surface area contributed by atoms with Gasteiger partial charge in [0.1, 0.15) is 0 Å². The Morgan fingerprint density at radius 2 is 1.68 bits per heavy atom. The first kappa shape index (κ1) is 14.4. The van der Waals surface area contributed by atoms with Crippen LogP contribution in [-0.4, -0.2) is 0 Å². The number of nitrogens with one attached hydrogen (secondary N) is 1. The van der Waals surface area contributed by atoms with Crippen LogP contribution < -0.4 is 5.32 Å². The summed E-state index contributed by atoms with van der Waals surface area (Å²) in [5.41, 5.74) is 4.89. The molecule has 1 nitrogen and oxygen atoms in total. The minimum absolute atomic E-state index is 0.246. The van der Waals surface area contributed by atoms with Crippen molar-refractivity contribution in [2.75, 3.05) is 5.32 Å². The molecule has 0 spiro atoms. The highest BCUT2D eigenvalue weighted by molar-refractivity contribution is 9.10. The third-order valence-corrected chi connectivity index (χ3v) is 4.28. The lowest BCUT2D eigenvalue weighted by Gasteiger charge is -2.17. The molecule has 0 aliphatic rings. The highest BCUT2D eigenvalue weighted by Crippen LogP contribution is 2.28. The van der Waals surface area contributed by atoms with Gasteiger partial charge in [-0.2, -0.15) is 0 Å². The zero-order valence-electron chi connectivity index (χ0n) is 11.3. The van der Waals surface area contributed by atoms with Crippen LogP contribution in [0.1, 0.15) is 29.7 Å². The largest absolute Gasteiger partial charge is 0.378 e. The van der Waals surface area contributed by atoms with Crippen LogP contribution in [-0.2, 0) is 0 Å². The lowest BCUT2D eigenvalue weighted by molar-refractivity contribution is 0.881. The third-order valence-electron chi connectivity index (χ3n) is 3.05. The van der Waals surface area contributed by atoms with Gasteiger partial charge in [0, 0.05) is 16.2 Å². The molecule has 100 valence electrons. The minimum atomic E-state index is 0.246. The minimum Gasteiger partial charge on any atom is -0.378 e. The molecular formula is C16H17BrClN. The fourth-order valence-corrected chi connectivity index (χ4v) is 2.61. The normalized spacial score (nSPS) is 12.3. The highest BCUT2D eigenvalue weighted by atomic mass is 79.9. The summed E-state index contributed by atoms with van der Waals surface area (Å²) in [5, 5.41) is 4.20. The van der Waals surface area contributed by atoms with E-state index in [4.69, 9.17) is 11.6 Å². The quantitative estimate of drug-likeness (QED) is 0.735. The zero-order chi connectivity index (χ0) is 14.0. The number of hydrogen-bond acceptors (Lipinski definition) is 1. The molecule has 2 aromatic carbocycles. The topological polar surface area (TPSA) is 12.0 Å². The maximum Gasteiger partial charge on any atom is 0.0568 e. The Hall–Kier alpha value is -0.990. The van der Waals surface area contributed by atoms with Gasteiger partial charge in [0.2, 0.25) is 0 Å². The van der Waals surface area contributed by atoms with Gasteiger partial charge in [-0.1, -0.05) is 40.9 Å². The molecular weight excluding hydrogens is 322 g/mol. The van der Waals surface area contributed by atoms with Gasteiger partial charge in [-0.15, -0.1) is 0 Å². The van der Waals surface area contributed by atoms with Gasteiger partial charge >= 0.3 is 0 Å². The molecule has 0 aliphatic heterocycles. The fraction of sp³-hybridized carbons (Fsp3) is 0.250. The van der Waals surface area contributed by atoms with E-state index < -0.39 is 0 Å². The monoisotopic (exact) mass is 337 g/mol. The molecule has 0 saturated carbocycles. The van der Waals surface area contributed by atoms with Crippen LogP contribution in [0.5, 0.6) is 0 Å². The number of rotatable bonds is 3. The Labute approximate surface area is 128 Å². The molecule has 3 heteroatoms. The summed E-state index contributed by atoms with van der Waals surface area (Å²) < 4.78 is 0.916. The summed E-state index contributed by atoms with van der Waals surface area (Å²) >= 11 is 9.51. The number of benzene rings is 2. The number of halogens is 2. The highest BCUT2D eigenvalue weighted by Gasteiger charge is 2.07. The summed E-state index contributed by atoms with van der Waals surface area (Å²) in [5.74, 6) is 0. The summed E-state index contributed by atoms with van der Waals surface area (Å²) in [7, 11) is 0. The number of aryl methyl sites for hydroxylation is 2. The van der Waals surface area contributed by atoms with E-state index in [9.17, 15) is 0 Å². The Kier molecular flexibility index (Phi) is 4.54. The summed E-state index contributed by atoms with van der Waals surface area (Å²) in [6.07, 6.45) is 0. The first-order chi connectivity index (χ1) is 8.95. The third kappa shape index (κ3) is 3.74. The van der Waals surface area contributed by atoms with Crippen LogP contribution in [0.3, 0.4) is 0 Å². The Bertz CT molecular complexity index is 575. The number of hydrogen-bond donors (Lipinski definition) is 1. The van der Waals surface area contributed by atoms with Gasteiger partial charge in [0.15, 0.2) is 0 Å². The van der Waals surface area contributed by atoms with Crippen LogP contribution in [0.15, 0.2) is 40.9 Å². The van der Waals surface area contributed by atoms with Crippen LogP contribution in [0.2, 0.25) is 5.02 Å². The smallest absolute Gasteiger partial charge is 0.0568 e.